The Bertz CT molecular complexity index is 929. The molecule has 0 aliphatic carbocycles. The van der Waals surface area contributed by atoms with Crippen molar-refractivity contribution < 1.29 is 17.9 Å². The number of sulfonamides is 1. The zero-order chi connectivity index (χ0) is 20.1. The van der Waals surface area contributed by atoms with Crippen LogP contribution < -0.4 is 10.1 Å². The summed E-state index contributed by atoms with van der Waals surface area (Å²) in [6.07, 6.45) is 1.90. The normalized spacial score (nSPS) is 17.4. The number of nitrogens with zero attached hydrogens (tertiary/aromatic N) is 1. The Morgan fingerprint density at radius 3 is 2.68 bits per heavy atom. The third kappa shape index (κ3) is 4.36. The van der Waals surface area contributed by atoms with Gasteiger partial charge in [0.2, 0.25) is 15.9 Å². The topological polar surface area (TPSA) is 75.7 Å². The summed E-state index contributed by atoms with van der Waals surface area (Å²) in [5, 5.41) is 2.89. The molecule has 150 valence electrons. The van der Waals surface area contributed by atoms with Gasteiger partial charge in [-0.25, -0.2) is 8.42 Å². The van der Waals surface area contributed by atoms with Gasteiger partial charge in [-0.05, 0) is 43.4 Å². The Hall–Kier alpha value is -2.38. The van der Waals surface area contributed by atoms with Gasteiger partial charge in [-0.3, -0.25) is 4.79 Å². The number of carbonyl (C=O) groups excluding carboxylic acids is 1. The molecule has 1 atom stereocenters. The molecule has 6 nitrogen and oxygen atoms in total. The molecule has 1 amide bonds. The van der Waals surface area contributed by atoms with E-state index in [2.05, 4.69) is 5.32 Å². The van der Waals surface area contributed by atoms with Crippen LogP contribution in [0.1, 0.15) is 24.0 Å². The number of amides is 1. The molecule has 2 aromatic carbocycles. The number of hydrogen-bond donors (Lipinski definition) is 1. The quantitative estimate of drug-likeness (QED) is 0.772. The lowest BCUT2D eigenvalue weighted by atomic mass is 10.1. The van der Waals surface area contributed by atoms with E-state index in [1.807, 2.05) is 30.3 Å². The van der Waals surface area contributed by atoms with Crippen LogP contribution in [0.25, 0.3) is 0 Å². The fourth-order valence-corrected chi connectivity index (χ4v) is 5.39. The summed E-state index contributed by atoms with van der Waals surface area (Å²) in [6.45, 7) is 2.57. The highest BCUT2D eigenvalue weighted by Crippen LogP contribution is 2.30. The van der Waals surface area contributed by atoms with E-state index in [1.54, 1.807) is 19.1 Å². The van der Waals surface area contributed by atoms with Gasteiger partial charge in [0.1, 0.15) is 11.8 Å². The van der Waals surface area contributed by atoms with Crippen molar-refractivity contribution in [3.05, 3.63) is 59.7 Å². The van der Waals surface area contributed by atoms with E-state index < -0.39 is 16.1 Å². The van der Waals surface area contributed by atoms with Crippen molar-refractivity contribution in [3.8, 4) is 5.75 Å². The molecule has 1 unspecified atom stereocenters. The van der Waals surface area contributed by atoms with Crippen LogP contribution in [0.3, 0.4) is 0 Å². The second kappa shape index (κ2) is 8.75. The Kier molecular flexibility index (Phi) is 6.36. The summed E-state index contributed by atoms with van der Waals surface area (Å²) >= 11 is 0. The van der Waals surface area contributed by atoms with Gasteiger partial charge in [-0.15, -0.1) is 0 Å². The summed E-state index contributed by atoms with van der Waals surface area (Å²) in [5.74, 6) is 0.241. The largest absolute Gasteiger partial charge is 0.497 e. The first kappa shape index (κ1) is 20.4. The molecule has 1 heterocycles. The monoisotopic (exact) mass is 402 g/mol. The zero-order valence-electron chi connectivity index (χ0n) is 16.2. The maximum absolute atomic E-state index is 13.2. The molecule has 1 saturated heterocycles. The van der Waals surface area contributed by atoms with Crippen LogP contribution in [-0.2, 0) is 21.2 Å². The number of hydrogen-bond acceptors (Lipinski definition) is 4. The van der Waals surface area contributed by atoms with Crippen molar-refractivity contribution in [1.82, 2.24) is 9.62 Å². The first-order valence-corrected chi connectivity index (χ1v) is 10.9. The molecular formula is C21H26N2O4S. The van der Waals surface area contributed by atoms with Gasteiger partial charge in [0.15, 0.2) is 0 Å². The summed E-state index contributed by atoms with van der Waals surface area (Å²) < 4.78 is 32.9. The Labute approximate surface area is 166 Å². The molecule has 2 aromatic rings. The number of nitrogens with one attached hydrogen (secondary N) is 1. The lowest BCUT2D eigenvalue weighted by molar-refractivity contribution is -0.124. The van der Waals surface area contributed by atoms with E-state index >= 15 is 0 Å². The van der Waals surface area contributed by atoms with E-state index in [0.717, 1.165) is 5.56 Å². The highest BCUT2D eigenvalue weighted by Gasteiger charge is 2.40. The summed E-state index contributed by atoms with van der Waals surface area (Å²) in [6, 6.07) is 14.2. The molecule has 0 aromatic heterocycles. The highest BCUT2D eigenvalue weighted by atomic mass is 32.2. The number of rotatable bonds is 7. The minimum Gasteiger partial charge on any atom is -0.497 e. The van der Waals surface area contributed by atoms with Crippen molar-refractivity contribution in [1.29, 1.82) is 0 Å². The Balaban J connectivity index is 1.72. The maximum Gasteiger partial charge on any atom is 0.244 e. The molecule has 0 radical (unpaired) electrons. The maximum atomic E-state index is 13.2. The van der Waals surface area contributed by atoms with E-state index in [1.165, 1.54) is 17.5 Å². The summed E-state index contributed by atoms with van der Waals surface area (Å²) in [4.78, 5) is 12.9. The van der Waals surface area contributed by atoms with Gasteiger partial charge in [0, 0.05) is 19.2 Å². The van der Waals surface area contributed by atoms with Crippen molar-refractivity contribution >= 4 is 15.9 Å². The van der Waals surface area contributed by atoms with E-state index in [4.69, 9.17) is 4.74 Å². The van der Waals surface area contributed by atoms with E-state index in [9.17, 15) is 13.2 Å². The number of carbonyl (C=O) groups is 1. The van der Waals surface area contributed by atoms with Crippen LogP contribution in [0.5, 0.6) is 5.75 Å². The molecule has 0 saturated carbocycles. The average molecular weight is 403 g/mol. The van der Waals surface area contributed by atoms with Gasteiger partial charge in [-0.2, -0.15) is 4.31 Å². The molecule has 0 spiro atoms. The zero-order valence-corrected chi connectivity index (χ0v) is 17.0. The minimum absolute atomic E-state index is 0.191. The predicted molar refractivity (Wildman–Crippen MR) is 108 cm³/mol. The molecule has 7 heteroatoms. The predicted octanol–water partition coefficient (Wildman–Crippen LogP) is 2.52. The molecular weight excluding hydrogens is 376 g/mol. The van der Waals surface area contributed by atoms with Crippen LogP contribution in [0.15, 0.2) is 53.4 Å². The second-order valence-corrected chi connectivity index (χ2v) is 8.79. The van der Waals surface area contributed by atoms with Gasteiger partial charge < -0.3 is 10.1 Å². The number of aryl methyl sites for hydroxylation is 1. The van der Waals surface area contributed by atoms with Gasteiger partial charge in [0.05, 0.1) is 12.0 Å². The van der Waals surface area contributed by atoms with Crippen LogP contribution in [-0.4, -0.2) is 44.9 Å². The molecule has 0 bridgehead atoms. The third-order valence-electron chi connectivity index (χ3n) is 5.04. The fourth-order valence-electron chi connectivity index (χ4n) is 3.49. The number of ether oxygens (including phenoxy) is 1. The van der Waals surface area contributed by atoms with Crippen LogP contribution >= 0.6 is 0 Å². The van der Waals surface area contributed by atoms with E-state index in [0.29, 0.717) is 43.7 Å². The third-order valence-corrected chi connectivity index (χ3v) is 7.09. The first-order chi connectivity index (χ1) is 13.4. The Morgan fingerprint density at radius 1 is 1.21 bits per heavy atom. The van der Waals surface area contributed by atoms with Gasteiger partial charge in [0.25, 0.3) is 0 Å². The van der Waals surface area contributed by atoms with Crippen molar-refractivity contribution in [2.24, 2.45) is 0 Å². The van der Waals surface area contributed by atoms with Gasteiger partial charge in [-0.1, -0.05) is 36.4 Å². The van der Waals surface area contributed by atoms with Crippen LogP contribution in [0.4, 0.5) is 0 Å². The molecule has 28 heavy (non-hydrogen) atoms. The SMILES string of the molecule is COc1ccc(C)c(S(=O)(=O)N2CCCC2C(=O)NCCc2ccccc2)c1. The standard InChI is InChI=1S/C21H26N2O4S/c1-16-10-11-18(27-2)15-20(16)28(25,26)23-14-6-9-19(23)21(24)22-13-12-17-7-4-3-5-8-17/h3-5,7-8,10-11,15,19H,6,9,12-14H2,1-2H3,(H,22,24). The lowest BCUT2D eigenvalue weighted by Crippen LogP contribution is -2.46. The molecule has 3 rings (SSSR count). The molecule has 1 aliphatic rings. The van der Waals surface area contributed by atoms with Crippen molar-refractivity contribution in [2.75, 3.05) is 20.2 Å². The number of methoxy groups -OCH3 is 1. The fraction of sp³-hybridized carbons (Fsp3) is 0.381. The highest BCUT2D eigenvalue weighted by molar-refractivity contribution is 7.89. The average Bonchev–Trinajstić information content (AvgIpc) is 3.20. The van der Waals surface area contributed by atoms with Crippen molar-refractivity contribution in [3.63, 3.8) is 0 Å². The number of benzene rings is 2. The first-order valence-electron chi connectivity index (χ1n) is 9.41. The molecule has 1 N–H and O–H groups in total. The Morgan fingerprint density at radius 2 is 1.96 bits per heavy atom. The smallest absolute Gasteiger partial charge is 0.244 e. The minimum atomic E-state index is -3.78. The molecule has 1 aliphatic heterocycles. The van der Waals surface area contributed by atoms with E-state index in [-0.39, 0.29) is 10.8 Å². The van der Waals surface area contributed by atoms with Gasteiger partial charge >= 0.3 is 0 Å². The van der Waals surface area contributed by atoms with Crippen molar-refractivity contribution in [2.45, 2.75) is 37.1 Å². The van der Waals surface area contributed by atoms with Crippen LogP contribution in [0, 0.1) is 6.92 Å². The second-order valence-electron chi connectivity index (χ2n) is 6.93. The summed E-state index contributed by atoms with van der Waals surface area (Å²) in [7, 11) is -2.28. The lowest BCUT2D eigenvalue weighted by Gasteiger charge is -2.24. The summed E-state index contributed by atoms with van der Waals surface area (Å²) in [5.41, 5.74) is 1.77. The van der Waals surface area contributed by atoms with Crippen LogP contribution in [0.2, 0.25) is 0 Å². The molecule has 1 fully saturated rings.